The topological polar surface area (TPSA) is 96.2 Å². The number of benzene rings is 1. The number of aromatic nitrogens is 1. The van der Waals surface area contributed by atoms with Crippen LogP contribution in [0.4, 0.5) is 0 Å². The van der Waals surface area contributed by atoms with Gasteiger partial charge in [0.15, 0.2) is 11.2 Å². The number of ether oxygens (including phenoxy) is 4. The summed E-state index contributed by atoms with van der Waals surface area (Å²) in [6, 6.07) is 7.11. The number of nitrogens with zero attached hydrogens (tertiary/aromatic N) is 1. The van der Waals surface area contributed by atoms with Crippen LogP contribution < -0.4 is 10.2 Å². The van der Waals surface area contributed by atoms with Crippen LogP contribution in [0.15, 0.2) is 35.3 Å². The minimum Gasteiger partial charge on any atom is -0.493 e. The molecule has 2 aliphatic heterocycles. The summed E-state index contributed by atoms with van der Waals surface area (Å²) in [5.41, 5.74) is 0.789. The molecular weight excluding hydrogens is 390 g/mol. The normalized spacial score (nSPS) is 22.0. The Morgan fingerprint density at radius 3 is 2.87 bits per heavy atom. The first-order valence-electron chi connectivity index (χ1n) is 9.91. The molecule has 160 valence electrons. The zero-order valence-corrected chi connectivity index (χ0v) is 17.1. The van der Waals surface area contributed by atoms with E-state index < -0.39 is 17.1 Å². The van der Waals surface area contributed by atoms with Crippen LogP contribution in [0.2, 0.25) is 0 Å². The molecule has 4 rings (SSSR count). The van der Waals surface area contributed by atoms with Gasteiger partial charge in [0.25, 0.3) is 0 Å². The van der Waals surface area contributed by atoms with Gasteiger partial charge in [0.2, 0.25) is 0 Å². The monoisotopic (exact) mass is 415 g/mol. The molecule has 1 fully saturated rings. The van der Waals surface area contributed by atoms with E-state index in [-0.39, 0.29) is 11.5 Å². The lowest BCUT2D eigenvalue weighted by Gasteiger charge is -2.49. The molecule has 30 heavy (non-hydrogen) atoms. The zero-order valence-electron chi connectivity index (χ0n) is 17.1. The first kappa shape index (κ1) is 20.6. The number of methoxy groups -OCH3 is 2. The molecule has 8 nitrogen and oxygen atoms in total. The lowest BCUT2D eigenvalue weighted by atomic mass is 9.78. The summed E-state index contributed by atoms with van der Waals surface area (Å²) in [4.78, 5) is 24.1. The molecule has 8 heteroatoms. The van der Waals surface area contributed by atoms with Crippen LogP contribution in [-0.4, -0.2) is 56.3 Å². The summed E-state index contributed by atoms with van der Waals surface area (Å²) < 4.78 is 24.5. The summed E-state index contributed by atoms with van der Waals surface area (Å²) >= 11 is 0. The maximum Gasteiger partial charge on any atom is 0.341 e. The van der Waals surface area contributed by atoms with E-state index in [4.69, 9.17) is 18.9 Å². The quantitative estimate of drug-likeness (QED) is 0.694. The van der Waals surface area contributed by atoms with Gasteiger partial charge in [-0.3, -0.25) is 4.79 Å². The molecule has 1 N–H and O–H groups in total. The highest BCUT2D eigenvalue weighted by molar-refractivity contribution is 5.88. The fraction of sp³-hybridized carbons (Fsp3) is 0.455. The average Bonchev–Trinajstić information content (AvgIpc) is 2.76. The van der Waals surface area contributed by atoms with Crippen LogP contribution in [0.5, 0.6) is 5.75 Å². The number of fused-ring (bicyclic) bond motifs is 6. The maximum atomic E-state index is 12.5. The van der Waals surface area contributed by atoms with E-state index in [1.807, 2.05) is 18.2 Å². The molecule has 1 aromatic carbocycles. The van der Waals surface area contributed by atoms with E-state index >= 15 is 0 Å². The molecule has 0 spiro atoms. The van der Waals surface area contributed by atoms with Gasteiger partial charge < -0.3 is 28.6 Å². The fourth-order valence-corrected chi connectivity index (χ4v) is 4.45. The molecule has 0 radical (unpaired) electrons. The molecular formula is C22H25NO7. The Morgan fingerprint density at radius 1 is 1.30 bits per heavy atom. The smallest absolute Gasteiger partial charge is 0.341 e. The van der Waals surface area contributed by atoms with Crippen LogP contribution >= 0.6 is 0 Å². The van der Waals surface area contributed by atoms with Crippen LogP contribution in [0.3, 0.4) is 0 Å². The first-order chi connectivity index (χ1) is 14.5. The lowest BCUT2D eigenvalue weighted by molar-refractivity contribution is -0.162. The maximum absolute atomic E-state index is 12.5. The SMILES string of the molecule is COCCCOc1ccc2c(c1)C1COCCC1(OC)n1cc(C(=O)O)c(=O)cc1-2. The average molecular weight is 415 g/mol. The van der Waals surface area contributed by atoms with Crippen LogP contribution in [-0.2, 0) is 19.9 Å². The van der Waals surface area contributed by atoms with Crippen molar-refractivity contribution < 1.29 is 28.8 Å². The van der Waals surface area contributed by atoms with Gasteiger partial charge in [0, 0.05) is 51.5 Å². The van der Waals surface area contributed by atoms with E-state index in [0.29, 0.717) is 38.5 Å². The van der Waals surface area contributed by atoms with Crippen molar-refractivity contribution in [3.63, 3.8) is 0 Å². The highest BCUT2D eigenvalue weighted by Gasteiger charge is 2.49. The number of carboxylic acid groups (broad SMARTS) is 1. The molecule has 0 bridgehead atoms. The van der Waals surface area contributed by atoms with Gasteiger partial charge >= 0.3 is 5.97 Å². The van der Waals surface area contributed by atoms with Crippen LogP contribution in [0.1, 0.15) is 34.7 Å². The van der Waals surface area contributed by atoms with E-state index in [2.05, 4.69) is 0 Å². The number of hydrogen-bond donors (Lipinski definition) is 1. The second-order valence-corrected chi connectivity index (χ2v) is 7.48. The molecule has 1 aromatic heterocycles. The van der Waals surface area contributed by atoms with Gasteiger partial charge in [-0.1, -0.05) is 0 Å². The van der Waals surface area contributed by atoms with E-state index in [0.717, 1.165) is 23.3 Å². The number of aromatic carboxylic acids is 1. The Kier molecular flexibility index (Phi) is 5.64. The second kappa shape index (κ2) is 8.22. The largest absolute Gasteiger partial charge is 0.493 e. The number of hydrogen-bond acceptors (Lipinski definition) is 6. The van der Waals surface area contributed by atoms with Crippen molar-refractivity contribution in [2.75, 3.05) is 40.6 Å². The summed E-state index contributed by atoms with van der Waals surface area (Å²) in [5.74, 6) is -0.709. The number of pyridine rings is 1. The predicted molar refractivity (Wildman–Crippen MR) is 108 cm³/mol. The van der Waals surface area contributed by atoms with Crippen molar-refractivity contribution in [3.05, 3.63) is 51.8 Å². The van der Waals surface area contributed by atoms with Gasteiger partial charge in [-0.05, 0) is 23.8 Å². The molecule has 0 aliphatic carbocycles. The van der Waals surface area contributed by atoms with Crippen LogP contribution in [0, 0.1) is 0 Å². The molecule has 2 aromatic rings. The summed E-state index contributed by atoms with van der Waals surface area (Å²) in [6.45, 7) is 2.04. The number of carboxylic acids is 1. The van der Waals surface area contributed by atoms with Gasteiger partial charge in [-0.25, -0.2) is 4.79 Å². The molecule has 0 saturated carbocycles. The first-order valence-corrected chi connectivity index (χ1v) is 9.91. The van der Waals surface area contributed by atoms with E-state index in [9.17, 15) is 14.7 Å². The third-order valence-corrected chi connectivity index (χ3v) is 5.91. The van der Waals surface area contributed by atoms with Crippen LogP contribution in [0.25, 0.3) is 11.3 Å². The molecule has 2 unspecified atom stereocenters. The highest BCUT2D eigenvalue weighted by Crippen LogP contribution is 2.50. The summed E-state index contributed by atoms with van der Waals surface area (Å²) in [7, 11) is 3.26. The van der Waals surface area contributed by atoms with Crippen molar-refractivity contribution in [2.45, 2.75) is 24.5 Å². The van der Waals surface area contributed by atoms with Crippen molar-refractivity contribution >= 4 is 5.97 Å². The minimum absolute atomic E-state index is 0.176. The molecule has 1 saturated heterocycles. The van der Waals surface area contributed by atoms with Crippen molar-refractivity contribution in [2.24, 2.45) is 0 Å². The summed E-state index contributed by atoms with van der Waals surface area (Å²) in [5, 5.41) is 9.47. The fourth-order valence-electron chi connectivity index (χ4n) is 4.45. The Hall–Kier alpha value is -2.68. The Labute approximate surface area is 173 Å². The summed E-state index contributed by atoms with van der Waals surface area (Å²) in [6.07, 6.45) is 2.71. The Balaban J connectivity index is 1.85. The molecule has 3 heterocycles. The van der Waals surface area contributed by atoms with E-state index in [1.165, 1.54) is 12.3 Å². The zero-order chi connectivity index (χ0) is 21.3. The molecule has 2 aliphatic rings. The predicted octanol–water partition coefficient (Wildman–Crippen LogP) is 2.45. The number of rotatable bonds is 7. The second-order valence-electron chi connectivity index (χ2n) is 7.48. The Bertz CT molecular complexity index is 1020. The third kappa shape index (κ3) is 3.30. The standard InChI is InChI=1S/C22H25NO7/c1-27-7-3-8-30-14-4-5-15-16(10-14)18-13-29-9-6-22(18,28-2)23-12-17(21(25)26)20(24)11-19(15)23/h4-5,10-12,18H,3,6-9,13H2,1-2H3,(H,25,26). The van der Waals surface area contributed by atoms with Gasteiger partial charge in [-0.15, -0.1) is 0 Å². The van der Waals surface area contributed by atoms with Gasteiger partial charge in [0.1, 0.15) is 11.3 Å². The van der Waals surface area contributed by atoms with Crippen molar-refractivity contribution in [1.29, 1.82) is 0 Å². The van der Waals surface area contributed by atoms with Gasteiger partial charge in [-0.2, -0.15) is 0 Å². The number of carbonyl (C=O) groups is 1. The highest BCUT2D eigenvalue weighted by atomic mass is 16.5. The minimum atomic E-state index is -1.25. The Morgan fingerprint density at radius 2 is 2.13 bits per heavy atom. The molecule has 0 amide bonds. The van der Waals surface area contributed by atoms with E-state index in [1.54, 1.807) is 18.8 Å². The molecule has 2 atom stereocenters. The third-order valence-electron chi connectivity index (χ3n) is 5.91. The van der Waals surface area contributed by atoms with Gasteiger partial charge in [0.05, 0.1) is 31.4 Å². The lowest BCUT2D eigenvalue weighted by Crippen LogP contribution is -2.50. The van der Waals surface area contributed by atoms with Crippen molar-refractivity contribution in [1.82, 2.24) is 4.57 Å². The van der Waals surface area contributed by atoms with Crippen molar-refractivity contribution in [3.8, 4) is 17.0 Å².